The first-order valence-electron chi connectivity index (χ1n) is 4.51. The van der Waals surface area contributed by atoms with Crippen molar-refractivity contribution in [1.29, 1.82) is 0 Å². The summed E-state index contributed by atoms with van der Waals surface area (Å²) in [7, 11) is -1.29. The monoisotopic (exact) mass is 273 g/mol. The van der Waals surface area contributed by atoms with E-state index in [9.17, 15) is 0 Å². The lowest BCUT2D eigenvalue weighted by Gasteiger charge is -2.07. The molecule has 0 aliphatic carbocycles. The lowest BCUT2D eigenvalue weighted by molar-refractivity contribution is 1.44. The number of halogens is 3. The van der Waals surface area contributed by atoms with Crippen LogP contribution in [0.3, 0.4) is 0 Å². The Morgan fingerprint density at radius 3 is 2.27 bits per heavy atom. The van der Waals surface area contributed by atoms with Crippen LogP contribution < -0.4 is 0 Å². The molecule has 0 aromatic heterocycles. The fourth-order valence-electron chi connectivity index (χ4n) is 1.62. The number of rotatable bonds is 2. The van der Waals surface area contributed by atoms with Crippen LogP contribution in [-0.4, -0.2) is 7.42 Å². The molecule has 77 valence electrons. The van der Waals surface area contributed by atoms with Crippen molar-refractivity contribution in [3.8, 4) is 0 Å². The molecule has 0 N–H and O–H groups in total. The normalized spacial score (nSPS) is 11.2. The summed E-state index contributed by atoms with van der Waals surface area (Å²) in [5.41, 5.74) is 1.17. The van der Waals surface area contributed by atoms with Gasteiger partial charge in [0.1, 0.15) is 0 Å². The third-order valence-corrected chi connectivity index (χ3v) is 4.06. The van der Waals surface area contributed by atoms with E-state index >= 15 is 0 Å². The lowest BCUT2D eigenvalue weighted by Crippen LogP contribution is -2.00. The number of hydrogen-bond donors (Lipinski definition) is 0. The lowest BCUT2D eigenvalue weighted by atomic mass is 10.1. The molecule has 0 spiro atoms. The van der Waals surface area contributed by atoms with Gasteiger partial charge >= 0.3 is 0 Å². The summed E-state index contributed by atoms with van der Waals surface area (Å²) in [6, 6.07) is 12.7. The largest absolute Gasteiger partial charge is 0.278 e. The Kier molecular flexibility index (Phi) is 3.57. The average molecular weight is 275 g/mol. The van der Waals surface area contributed by atoms with Crippen molar-refractivity contribution in [2.45, 2.75) is 6.04 Å². The zero-order valence-electron chi connectivity index (χ0n) is 7.81. The number of fused-ring (bicyclic) bond motifs is 1. The maximum atomic E-state index is 6.11. The van der Waals surface area contributed by atoms with E-state index < -0.39 is 7.42 Å². The minimum absolute atomic E-state index is 0.742. The van der Waals surface area contributed by atoms with E-state index in [-0.39, 0.29) is 0 Å². The van der Waals surface area contributed by atoms with E-state index in [1.54, 1.807) is 0 Å². The standard InChI is InChI=1S/C11H8Cl3Si/c12-11-6-5-8(7-15(13)14)9-3-1-2-4-10(9)11/h1-6H,7H2. The molecule has 0 atom stereocenters. The van der Waals surface area contributed by atoms with Crippen LogP contribution in [0.15, 0.2) is 36.4 Å². The van der Waals surface area contributed by atoms with Gasteiger partial charge in [0.25, 0.3) is 7.42 Å². The van der Waals surface area contributed by atoms with Gasteiger partial charge in [-0.2, -0.15) is 0 Å². The predicted octanol–water partition coefficient (Wildman–Crippen LogP) is 4.54. The summed E-state index contributed by atoms with van der Waals surface area (Å²) < 4.78 is 0. The summed E-state index contributed by atoms with van der Waals surface area (Å²) in [4.78, 5) is 0. The van der Waals surface area contributed by atoms with Crippen molar-refractivity contribution in [2.24, 2.45) is 0 Å². The highest BCUT2D eigenvalue weighted by molar-refractivity contribution is 7.33. The molecule has 0 saturated heterocycles. The fraction of sp³-hybridized carbons (Fsp3) is 0.0909. The Morgan fingerprint density at radius 2 is 1.60 bits per heavy atom. The Labute approximate surface area is 105 Å². The van der Waals surface area contributed by atoms with E-state index in [4.69, 9.17) is 33.8 Å². The molecule has 0 aliphatic heterocycles. The van der Waals surface area contributed by atoms with Crippen molar-refractivity contribution >= 4 is 51.9 Å². The Hall–Kier alpha value is -0.213. The van der Waals surface area contributed by atoms with Crippen molar-refractivity contribution in [2.75, 3.05) is 0 Å². The maximum absolute atomic E-state index is 6.11. The van der Waals surface area contributed by atoms with Gasteiger partial charge in [-0.15, -0.1) is 22.2 Å². The first-order valence-corrected chi connectivity index (χ1v) is 8.62. The van der Waals surface area contributed by atoms with Crippen LogP contribution in [0.1, 0.15) is 5.56 Å². The van der Waals surface area contributed by atoms with Crippen LogP contribution in [0, 0.1) is 0 Å². The van der Waals surface area contributed by atoms with Crippen LogP contribution in [0.5, 0.6) is 0 Å². The molecule has 0 aliphatic rings. The molecule has 0 unspecified atom stereocenters. The minimum atomic E-state index is -1.29. The van der Waals surface area contributed by atoms with E-state index in [2.05, 4.69) is 6.07 Å². The Morgan fingerprint density at radius 1 is 0.933 bits per heavy atom. The van der Waals surface area contributed by atoms with Crippen molar-refractivity contribution in [3.63, 3.8) is 0 Å². The van der Waals surface area contributed by atoms with E-state index in [1.165, 1.54) is 5.56 Å². The van der Waals surface area contributed by atoms with Crippen molar-refractivity contribution in [3.05, 3.63) is 47.0 Å². The van der Waals surface area contributed by atoms with Crippen LogP contribution in [0.2, 0.25) is 5.02 Å². The zero-order valence-corrected chi connectivity index (χ0v) is 11.1. The van der Waals surface area contributed by atoms with Crippen molar-refractivity contribution in [1.82, 2.24) is 0 Å². The first-order chi connectivity index (χ1) is 7.18. The third-order valence-electron chi connectivity index (χ3n) is 2.29. The molecule has 2 rings (SSSR count). The zero-order chi connectivity index (χ0) is 10.8. The van der Waals surface area contributed by atoms with Crippen LogP contribution in [-0.2, 0) is 6.04 Å². The van der Waals surface area contributed by atoms with Crippen LogP contribution in [0.25, 0.3) is 10.8 Å². The highest BCUT2D eigenvalue weighted by Crippen LogP contribution is 2.27. The van der Waals surface area contributed by atoms with Gasteiger partial charge in [0.05, 0.1) is 0 Å². The van der Waals surface area contributed by atoms with Gasteiger partial charge in [0, 0.05) is 10.4 Å². The quantitative estimate of drug-likeness (QED) is 0.557. The molecule has 0 bridgehead atoms. The summed E-state index contributed by atoms with van der Waals surface area (Å²) in [6.45, 7) is 0. The van der Waals surface area contributed by atoms with Gasteiger partial charge in [-0.25, -0.2) is 0 Å². The van der Waals surface area contributed by atoms with E-state index in [1.807, 2.05) is 30.3 Å². The van der Waals surface area contributed by atoms with Crippen LogP contribution >= 0.6 is 33.8 Å². The second-order valence-electron chi connectivity index (χ2n) is 3.27. The molecule has 2 aromatic rings. The van der Waals surface area contributed by atoms with E-state index in [0.29, 0.717) is 0 Å². The smallest absolute Gasteiger partial charge is 0.146 e. The Balaban J connectivity index is 2.61. The van der Waals surface area contributed by atoms with Gasteiger partial charge < -0.3 is 0 Å². The number of hydrogen-bond acceptors (Lipinski definition) is 0. The van der Waals surface area contributed by atoms with Gasteiger partial charge in [-0.3, -0.25) is 0 Å². The molecule has 0 fully saturated rings. The molecular formula is C11H8Cl3Si. The molecule has 0 nitrogen and oxygen atoms in total. The van der Waals surface area contributed by atoms with Gasteiger partial charge in [0.15, 0.2) is 0 Å². The maximum Gasteiger partial charge on any atom is 0.278 e. The van der Waals surface area contributed by atoms with Gasteiger partial charge in [-0.1, -0.05) is 41.9 Å². The summed E-state index contributed by atoms with van der Waals surface area (Å²) >= 11 is 17.9. The molecule has 1 radical (unpaired) electrons. The number of benzene rings is 2. The Bertz CT molecular complexity index is 482. The predicted molar refractivity (Wildman–Crippen MR) is 70.1 cm³/mol. The molecule has 15 heavy (non-hydrogen) atoms. The summed E-state index contributed by atoms with van der Waals surface area (Å²) in [5, 5.41) is 2.98. The minimum Gasteiger partial charge on any atom is -0.146 e. The van der Waals surface area contributed by atoms with Crippen molar-refractivity contribution < 1.29 is 0 Å². The molecule has 0 saturated carbocycles. The fourth-order valence-corrected chi connectivity index (χ4v) is 3.31. The molecule has 4 heteroatoms. The molecule has 0 amide bonds. The highest BCUT2D eigenvalue weighted by atomic mass is 35.7. The average Bonchev–Trinajstić information content (AvgIpc) is 2.22. The van der Waals surface area contributed by atoms with Gasteiger partial charge in [0.2, 0.25) is 0 Å². The summed E-state index contributed by atoms with van der Waals surface area (Å²) in [6.07, 6.45) is 0. The molecule has 2 aromatic carbocycles. The first kappa shape index (κ1) is 11.3. The molecular weight excluding hydrogens is 267 g/mol. The SMILES string of the molecule is Clc1ccc(C[Si](Cl)Cl)c2ccccc12. The second-order valence-corrected chi connectivity index (χ2v) is 8.02. The highest BCUT2D eigenvalue weighted by Gasteiger charge is 2.09. The van der Waals surface area contributed by atoms with Crippen LogP contribution in [0.4, 0.5) is 0 Å². The third kappa shape index (κ3) is 2.48. The summed E-state index contributed by atoms with van der Waals surface area (Å²) in [5.74, 6) is 0. The van der Waals surface area contributed by atoms with E-state index in [0.717, 1.165) is 21.8 Å². The topological polar surface area (TPSA) is 0 Å². The molecule has 0 heterocycles. The second kappa shape index (κ2) is 4.75. The van der Waals surface area contributed by atoms with Gasteiger partial charge in [-0.05, 0) is 23.1 Å².